The molecule has 5 heteroatoms. The van der Waals surface area contributed by atoms with Crippen molar-refractivity contribution in [2.24, 2.45) is 0 Å². The topological polar surface area (TPSA) is 43.8 Å². The van der Waals surface area contributed by atoms with E-state index in [1.807, 2.05) is 17.0 Å². The van der Waals surface area contributed by atoms with Gasteiger partial charge in [0.1, 0.15) is 0 Å². The Morgan fingerprint density at radius 2 is 1.89 bits per heavy atom. The van der Waals surface area contributed by atoms with Crippen LogP contribution in [0.1, 0.15) is 39.9 Å². The molecule has 1 spiro atoms. The van der Waals surface area contributed by atoms with Gasteiger partial charge < -0.3 is 10.0 Å². The first kappa shape index (κ1) is 18.3. The van der Waals surface area contributed by atoms with Crippen LogP contribution in [0.2, 0.25) is 0 Å². The first-order chi connectivity index (χ1) is 13.5. The molecule has 0 unspecified atom stereocenters. The lowest BCUT2D eigenvalue weighted by Gasteiger charge is -2.37. The lowest BCUT2D eigenvalue weighted by atomic mass is 9.86. The van der Waals surface area contributed by atoms with Crippen molar-refractivity contribution in [1.82, 2.24) is 9.80 Å². The Morgan fingerprint density at radius 1 is 1.11 bits per heavy atom. The molecule has 1 amide bonds. The van der Waals surface area contributed by atoms with E-state index < -0.39 is 6.10 Å². The molecule has 0 aromatic heterocycles. The first-order valence-corrected chi connectivity index (χ1v) is 10.9. The largest absolute Gasteiger partial charge is 0.390 e. The minimum absolute atomic E-state index is 0.0584. The molecule has 1 aliphatic carbocycles. The number of carbonyl (C=O) groups excluding carboxylic acids is 1. The van der Waals surface area contributed by atoms with E-state index in [9.17, 15) is 9.90 Å². The molecule has 3 aliphatic rings. The predicted molar refractivity (Wildman–Crippen MR) is 112 cm³/mol. The maximum absolute atomic E-state index is 13.0. The smallest absolute Gasteiger partial charge is 0.254 e. The van der Waals surface area contributed by atoms with Gasteiger partial charge in [-0.1, -0.05) is 40.2 Å². The number of aliphatic hydroxyl groups is 1. The van der Waals surface area contributed by atoms with Gasteiger partial charge in [-0.25, -0.2) is 0 Å². The van der Waals surface area contributed by atoms with Crippen LogP contribution in [0.5, 0.6) is 0 Å². The van der Waals surface area contributed by atoms with Gasteiger partial charge in [0.05, 0.1) is 6.10 Å². The second-order valence-corrected chi connectivity index (χ2v) is 9.48. The fraction of sp³-hybridized carbons (Fsp3) is 0.435. The summed E-state index contributed by atoms with van der Waals surface area (Å²) < 4.78 is 1.03. The summed E-state index contributed by atoms with van der Waals surface area (Å²) in [5.74, 6) is 0.0584. The quantitative estimate of drug-likeness (QED) is 0.792. The molecule has 0 radical (unpaired) electrons. The second kappa shape index (κ2) is 6.97. The van der Waals surface area contributed by atoms with Crippen molar-refractivity contribution in [2.75, 3.05) is 26.2 Å². The van der Waals surface area contributed by atoms with Crippen LogP contribution in [0, 0.1) is 0 Å². The van der Waals surface area contributed by atoms with Crippen molar-refractivity contribution in [3.8, 4) is 0 Å². The average molecular weight is 441 g/mol. The second-order valence-electron chi connectivity index (χ2n) is 8.56. The Kier molecular flexibility index (Phi) is 4.57. The van der Waals surface area contributed by atoms with Crippen LogP contribution in [0.3, 0.4) is 0 Å². The molecule has 0 saturated heterocycles. The number of rotatable bonds is 4. The number of hydrogen-bond donors (Lipinski definition) is 1. The Labute approximate surface area is 174 Å². The van der Waals surface area contributed by atoms with E-state index in [0.29, 0.717) is 13.1 Å². The third-order valence-corrected chi connectivity index (χ3v) is 7.02. The lowest BCUT2D eigenvalue weighted by molar-refractivity contribution is 0.0459. The summed E-state index contributed by atoms with van der Waals surface area (Å²) in [6.07, 6.45) is 2.75. The van der Waals surface area contributed by atoms with Crippen molar-refractivity contribution in [2.45, 2.75) is 37.3 Å². The van der Waals surface area contributed by atoms with E-state index >= 15 is 0 Å². The third kappa shape index (κ3) is 3.30. The van der Waals surface area contributed by atoms with Crippen LogP contribution >= 0.6 is 15.9 Å². The zero-order valence-corrected chi connectivity index (χ0v) is 17.5. The van der Waals surface area contributed by atoms with Crippen molar-refractivity contribution >= 4 is 21.8 Å². The molecule has 2 aliphatic heterocycles. The number of nitrogens with zero attached hydrogens (tertiary/aromatic N) is 2. The molecule has 28 heavy (non-hydrogen) atoms. The van der Waals surface area contributed by atoms with Gasteiger partial charge in [-0.15, -0.1) is 0 Å². The highest BCUT2D eigenvalue weighted by atomic mass is 79.9. The maximum Gasteiger partial charge on any atom is 0.254 e. The number of hydrogen-bond acceptors (Lipinski definition) is 3. The number of halogens is 1. The summed E-state index contributed by atoms with van der Waals surface area (Å²) in [5, 5.41) is 10.8. The van der Waals surface area contributed by atoms with Gasteiger partial charge in [0.2, 0.25) is 0 Å². The van der Waals surface area contributed by atoms with E-state index in [2.05, 4.69) is 51.2 Å². The van der Waals surface area contributed by atoms with Crippen LogP contribution in [-0.4, -0.2) is 53.1 Å². The van der Waals surface area contributed by atoms with Gasteiger partial charge in [0.15, 0.2) is 0 Å². The molecule has 1 N–H and O–H groups in total. The molecule has 0 bridgehead atoms. The fourth-order valence-electron chi connectivity index (χ4n) is 4.88. The lowest BCUT2D eigenvalue weighted by Crippen LogP contribution is -2.49. The maximum atomic E-state index is 13.0. The van der Waals surface area contributed by atoms with E-state index in [0.717, 1.165) is 48.9 Å². The molecule has 5 rings (SSSR count). The number of carbonyl (C=O) groups is 1. The zero-order chi connectivity index (χ0) is 19.3. The Morgan fingerprint density at radius 3 is 2.68 bits per heavy atom. The summed E-state index contributed by atoms with van der Waals surface area (Å²) in [5.41, 5.74) is 4.87. The SMILES string of the molecule is O=C1c2ccc(Br)cc2C2(CC2)CN1C[C@H](O)CN1CCc2ccccc2C1. The number of amides is 1. The highest BCUT2D eigenvalue weighted by Gasteiger charge is 2.51. The highest BCUT2D eigenvalue weighted by Crippen LogP contribution is 2.52. The molecule has 2 heterocycles. The van der Waals surface area contributed by atoms with Crippen molar-refractivity contribution in [1.29, 1.82) is 0 Å². The van der Waals surface area contributed by atoms with Crippen LogP contribution in [0.15, 0.2) is 46.9 Å². The van der Waals surface area contributed by atoms with E-state index in [-0.39, 0.29) is 11.3 Å². The monoisotopic (exact) mass is 440 g/mol. The molecular weight excluding hydrogens is 416 g/mol. The molecule has 1 atom stereocenters. The molecule has 1 fully saturated rings. The number of fused-ring (bicyclic) bond motifs is 3. The van der Waals surface area contributed by atoms with Gasteiger partial charge >= 0.3 is 0 Å². The van der Waals surface area contributed by atoms with Crippen LogP contribution in [0.25, 0.3) is 0 Å². The molecular formula is C23H25BrN2O2. The number of β-amino-alcohol motifs (C(OH)–C–C–N with tert-alkyl or cyclic N) is 1. The Hall–Kier alpha value is -1.69. The molecule has 2 aromatic rings. The van der Waals surface area contributed by atoms with Gasteiger partial charge in [-0.2, -0.15) is 0 Å². The van der Waals surface area contributed by atoms with Crippen LogP contribution in [0.4, 0.5) is 0 Å². The van der Waals surface area contributed by atoms with E-state index in [1.165, 1.54) is 16.7 Å². The van der Waals surface area contributed by atoms with Gasteiger partial charge in [-0.3, -0.25) is 9.69 Å². The van der Waals surface area contributed by atoms with Gasteiger partial charge in [-0.05, 0) is 54.2 Å². The van der Waals surface area contributed by atoms with Crippen LogP contribution in [-0.2, 0) is 18.4 Å². The Bertz CT molecular complexity index is 925. The van der Waals surface area contributed by atoms with Crippen LogP contribution < -0.4 is 0 Å². The summed E-state index contributed by atoms with van der Waals surface area (Å²) in [6.45, 7) is 3.59. The third-order valence-electron chi connectivity index (χ3n) is 6.53. The summed E-state index contributed by atoms with van der Waals surface area (Å²) >= 11 is 3.54. The molecule has 4 nitrogen and oxygen atoms in total. The van der Waals surface area contributed by atoms with Crippen molar-refractivity contribution in [3.63, 3.8) is 0 Å². The average Bonchev–Trinajstić information content (AvgIpc) is 3.46. The zero-order valence-electron chi connectivity index (χ0n) is 15.9. The summed E-state index contributed by atoms with van der Waals surface area (Å²) in [6, 6.07) is 14.5. The van der Waals surface area contributed by atoms with Gasteiger partial charge in [0, 0.05) is 48.2 Å². The minimum atomic E-state index is -0.526. The molecule has 146 valence electrons. The summed E-state index contributed by atoms with van der Waals surface area (Å²) in [4.78, 5) is 17.2. The number of aliphatic hydroxyl groups excluding tert-OH is 1. The van der Waals surface area contributed by atoms with Crippen molar-refractivity contribution in [3.05, 3.63) is 69.2 Å². The van der Waals surface area contributed by atoms with Gasteiger partial charge in [0.25, 0.3) is 5.91 Å². The predicted octanol–water partition coefficient (Wildman–Crippen LogP) is 3.36. The van der Waals surface area contributed by atoms with Crippen molar-refractivity contribution < 1.29 is 9.90 Å². The Balaban J connectivity index is 1.27. The standard InChI is InChI=1S/C23H25BrN2O2/c24-18-5-6-20-21(11-18)23(8-9-23)15-26(22(20)28)14-19(27)13-25-10-7-16-3-1-2-4-17(16)12-25/h1-6,11,19,27H,7-10,12-15H2/t19-/m1/s1. The highest BCUT2D eigenvalue weighted by molar-refractivity contribution is 9.10. The number of benzene rings is 2. The fourth-order valence-corrected chi connectivity index (χ4v) is 5.24. The van der Waals surface area contributed by atoms with E-state index in [1.54, 1.807) is 0 Å². The van der Waals surface area contributed by atoms with E-state index in [4.69, 9.17) is 0 Å². The minimum Gasteiger partial charge on any atom is -0.390 e. The summed E-state index contributed by atoms with van der Waals surface area (Å²) in [7, 11) is 0. The molecule has 1 saturated carbocycles. The first-order valence-electron chi connectivity index (χ1n) is 10.1. The molecule has 2 aromatic carbocycles. The normalized spacial score (nSPS) is 21.4.